The average molecular weight is 437 g/mol. The predicted octanol–water partition coefficient (Wildman–Crippen LogP) is 4.88. The minimum atomic E-state index is -0.465. The Labute approximate surface area is 185 Å². The third kappa shape index (κ3) is 5.68. The Kier molecular flexibility index (Phi) is 7.36. The van der Waals surface area contributed by atoms with Crippen molar-refractivity contribution in [3.05, 3.63) is 76.5 Å². The average Bonchev–Trinajstić information content (AvgIpc) is 3.26. The van der Waals surface area contributed by atoms with Gasteiger partial charge in [0.2, 0.25) is 0 Å². The molecule has 3 rings (SSSR count). The fraction of sp³-hybridized carbons (Fsp3) is 0.167. The number of hydrogen-bond acceptors (Lipinski definition) is 5. The molecule has 0 aliphatic carbocycles. The van der Waals surface area contributed by atoms with Crippen molar-refractivity contribution in [2.24, 2.45) is 0 Å². The van der Waals surface area contributed by atoms with E-state index in [0.29, 0.717) is 41.0 Å². The molecule has 1 N–H and O–H groups in total. The van der Waals surface area contributed by atoms with Gasteiger partial charge >= 0.3 is 0 Å². The van der Waals surface area contributed by atoms with Crippen molar-refractivity contribution in [1.82, 2.24) is 5.32 Å². The molecule has 0 saturated carbocycles. The summed E-state index contributed by atoms with van der Waals surface area (Å²) in [6.45, 7) is 0.363. The van der Waals surface area contributed by atoms with Crippen molar-refractivity contribution in [1.29, 1.82) is 5.26 Å². The summed E-state index contributed by atoms with van der Waals surface area (Å²) in [5.74, 6) is 1.83. The summed E-state index contributed by atoms with van der Waals surface area (Å²) in [4.78, 5) is 12.4. The first kappa shape index (κ1) is 22.0. The number of nitrogens with zero attached hydrogens (tertiary/aromatic N) is 1. The van der Waals surface area contributed by atoms with Crippen molar-refractivity contribution < 1.29 is 18.7 Å². The highest BCUT2D eigenvalue weighted by Crippen LogP contribution is 2.28. The van der Waals surface area contributed by atoms with E-state index in [1.807, 2.05) is 36.4 Å². The number of carbonyl (C=O) groups excluding carboxylic acids is 1. The van der Waals surface area contributed by atoms with E-state index in [4.69, 9.17) is 25.5 Å². The van der Waals surface area contributed by atoms with Gasteiger partial charge in [-0.05, 0) is 60.5 Å². The van der Waals surface area contributed by atoms with E-state index in [-0.39, 0.29) is 5.57 Å². The number of ether oxygens (including phenoxy) is 2. The lowest BCUT2D eigenvalue weighted by Gasteiger charge is -2.10. The number of rotatable bonds is 8. The molecule has 0 atom stereocenters. The number of carbonyl (C=O) groups is 1. The molecule has 2 aromatic carbocycles. The number of benzene rings is 2. The number of halogens is 1. The fourth-order valence-corrected chi connectivity index (χ4v) is 3.07. The van der Waals surface area contributed by atoms with E-state index in [9.17, 15) is 10.1 Å². The van der Waals surface area contributed by atoms with E-state index < -0.39 is 5.91 Å². The molecule has 158 valence electrons. The molecular weight excluding hydrogens is 416 g/mol. The highest BCUT2D eigenvalue weighted by Gasteiger charge is 2.11. The SMILES string of the molecule is COc1ccc(CCNC(=O)/C(C#N)=C/c2ccc(-c3ccc(Cl)cc3)o2)cc1OC. The first-order valence-corrected chi connectivity index (χ1v) is 9.88. The van der Waals surface area contributed by atoms with Gasteiger partial charge in [-0.25, -0.2) is 0 Å². The highest BCUT2D eigenvalue weighted by atomic mass is 35.5. The fourth-order valence-electron chi connectivity index (χ4n) is 2.94. The zero-order valence-electron chi connectivity index (χ0n) is 17.1. The lowest BCUT2D eigenvalue weighted by Crippen LogP contribution is -2.26. The summed E-state index contributed by atoms with van der Waals surface area (Å²) in [5.41, 5.74) is 1.78. The van der Waals surface area contributed by atoms with Crippen LogP contribution in [0.15, 0.2) is 64.6 Å². The van der Waals surface area contributed by atoms with Crippen molar-refractivity contribution in [3.63, 3.8) is 0 Å². The maximum atomic E-state index is 12.4. The standard InChI is InChI=1S/C24H21ClN2O4/c1-29-22-9-3-16(13-23(22)30-2)11-12-27-24(28)18(15-26)14-20-8-10-21(31-20)17-4-6-19(25)7-5-17/h3-10,13-14H,11-12H2,1-2H3,(H,27,28)/b18-14+. The van der Waals surface area contributed by atoms with Gasteiger partial charge in [0, 0.05) is 23.2 Å². The highest BCUT2D eigenvalue weighted by molar-refractivity contribution is 6.30. The minimum absolute atomic E-state index is 0.0377. The second-order valence-corrected chi connectivity index (χ2v) is 7.01. The summed E-state index contributed by atoms with van der Waals surface area (Å²) < 4.78 is 16.2. The molecule has 1 heterocycles. The maximum absolute atomic E-state index is 12.4. The van der Waals surface area contributed by atoms with Gasteiger partial charge in [0.25, 0.3) is 5.91 Å². The number of hydrogen-bond donors (Lipinski definition) is 1. The van der Waals surface area contributed by atoms with E-state index >= 15 is 0 Å². The second-order valence-electron chi connectivity index (χ2n) is 6.57. The number of furan rings is 1. The van der Waals surface area contributed by atoms with Crippen LogP contribution in [0.25, 0.3) is 17.4 Å². The summed E-state index contributed by atoms with van der Waals surface area (Å²) in [6, 6.07) is 18.2. The summed E-state index contributed by atoms with van der Waals surface area (Å²) in [7, 11) is 3.14. The van der Waals surface area contributed by atoms with Gasteiger partial charge < -0.3 is 19.2 Å². The molecule has 0 aliphatic heterocycles. The molecule has 0 bridgehead atoms. The molecule has 0 radical (unpaired) electrons. The third-order valence-corrected chi connectivity index (χ3v) is 4.81. The zero-order chi connectivity index (χ0) is 22.2. The van der Waals surface area contributed by atoms with Crippen LogP contribution in [0, 0.1) is 11.3 Å². The number of amides is 1. The van der Waals surface area contributed by atoms with E-state index in [1.165, 1.54) is 6.08 Å². The molecule has 0 spiro atoms. The smallest absolute Gasteiger partial charge is 0.262 e. The van der Waals surface area contributed by atoms with Crippen LogP contribution < -0.4 is 14.8 Å². The van der Waals surface area contributed by atoms with Gasteiger partial charge in [-0.3, -0.25) is 4.79 Å². The molecular formula is C24H21ClN2O4. The Morgan fingerprint density at radius 1 is 1.10 bits per heavy atom. The van der Waals surface area contributed by atoms with Crippen LogP contribution >= 0.6 is 11.6 Å². The Bertz CT molecular complexity index is 1130. The number of nitriles is 1. The Morgan fingerprint density at radius 3 is 2.52 bits per heavy atom. The molecule has 0 fully saturated rings. The quantitative estimate of drug-likeness (QED) is 0.401. The minimum Gasteiger partial charge on any atom is -0.493 e. The Hall–Kier alpha value is -3.69. The van der Waals surface area contributed by atoms with Gasteiger partial charge in [-0.15, -0.1) is 0 Å². The van der Waals surface area contributed by atoms with E-state index in [0.717, 1.165) is 11.1 Å². The zero-order valence-corrected chi connectivity index (χ0v) is 17.9. The van der Waals surface area contributed by atoms with Gasteiger partial charge in [-0.1, -0.05) is 17.7 Å². The molecule has 0 unspecified atom stereocenters. The van der Waals surface area contributed by atoms with E-state index in [2.05, 4.69) is 5.32 Å². The predicted molar refractivity (Wildman–Crippen MR) is 119 cm³/mol. The molecule has 0 aliphatic rings. The van der Waals surface area contributed by atoms with Crippen molar-refractivity contribution in [3.8, 4) is 28.9 Å². The van der Waals surface area contributed by atoms with Crippen LogP contribution in [0.2, 0.25) is 5.02 Å². The van der Waals surface area contributed by atoms with Gasteiger partial charge in [0.1, 0.15) is 23.2 Å². The third-order valence-electron chi connectivity index (χ3n) is 4.55. The monoisotopic (exact) mass is 436 g/mol. The summed E-state index contributed by atoms with van der Waals surface area (Å²) >= 11 is 5.90. The molecule has 6 nitrogen and oxygen atoms in total. The van der Waals surface area contributed by atoms with Gasteiger partial charge in [0.05, 0.1) is 14.2 Å². The summed E-state index contributed by atoms with van der Waals surface area (Å²) in [5, 5.41) is 12.8. The van der Waals surface area contributed by atoms with Crippen LogP contribution in [0.3, 0.4) is 0 Å². The first-order valence-electron chi connectivity index (χ1n) is 9.50. The van der Waals surface area contributed by atoms with Crippen molar-refractivity contribution in [2.45, 2.75) is 6.42 Å². The Morgan fingerprint density at radius 2 is 1.84 bits per heavy atom. The topological polar surface area (TPSA) is 84.5 Å². The molecule has 31 heavy (non-hydrogen) atoms. The lowest BCUT2D eigenvalue weighted by molar-refractivity contribution is -0.117. The van der Waals surface area contributed by atoms with Crippen LogP contribution in [-0.2, 0) is 11.2 Å². The van der Waals surface area contributed by atoms with Crippen molar-refractivity contribution in [2.75, 3.05) is 20.8 Å². The van der Waals surface area contributed by atoms with Crippen molar-refractivity contribution >= 4 is 23.6 Å². The first-order chi connectivity index (χ1) is 15.0. The van der Waals surface area contributed by atoms with Gasteiger partial charge in [0.15, 0.2) is 11.5 Å². The number of nitrogens with one attached hydrogen (secondary N) is 1. The second kappa shape index (κ2) is 10.4. The molecule has 3 aromatic rings. The van der Waals surface area contributed by atoms with Crippen LogP contribution in [0.1, 0.15) is 11.3 Å². The van der Waals surface area contributed by atoms with Crippen LogP contribution in [-0.4, -0.2) is 26.7 Å². The van der Waals surface area contributed by atoms with Gasteiger partial charge in [-0.2, -0.15) is 5.26 Å². The molecule has 1 aromatic heterocycles. The van der Waals surface area contributed by atoms with Crippen LogP contribution in [0.4, 0.5) is 0 Å². The lowest BCUT2D eigenvalue weighted by atomic mass is 10.1. The number of methoxy groups -OCH3 is 2. The maximum Gasteiger partial charge on any atom is 0.262 e. The molecule has 7 heteroatoms. The molecule has 1 amide bonds. The Balaban J connectivity index is 1.62. The summed E-state index contributed by atoms with van der Waals surface area (Å²) in [6.07, 6.45) is 2.00. The largest absolute Gasteiger partial charge is 0.493 e. The molecule has 0 saturated heterocycles. The normalized spacial score (nSPS) is 11.0. The van der Waals surface area contributed by atoms with Crippen LogP contribution in [0.5, 0.6) is 11.5 Å². The van der Waals surface area contributed by atoms with E-state index in [1.54, 1.807) is 38.5 Å².